The third-order valence-corrected chi connectivity index (χ3v) is 3.49. The molecule has 2 aromatic rings. The number of rotatable bonds is 3. The molecule has 7 nitrogen and oxygen atoms in total. The number of nitrogens with two attached hydrogens (primary N) is 1. The highest BCUT2D eigenvalue weighted by Gasteiger charge is 2.13. The first kappa shape index (κ1) is 13.1. The van der Waals surface area contributed by atoms with E-state index in [1.807, 2.05) is 0 Å². The van der Waals surface area contributed by atoms with Crippen LogP contribution in [0.15, 0.2) is 38.2 Å². The number of H-pyrrole nitrogens is 1. The molecule has 0 radical (unpaired) electrons. The summed E-state index contributed by atoms with van der Waals surface area (Å²) in [4.78, 5) is 11.8. The third-order valence-electron chi connectivity index (χ3n) is 2.37. The van der Waals surface area contributed by atoms with Crippen LogP contribution in [0.2, 0.25) is 0 Å². The summed E-state index contributed by atoms with van der Waals surface area (Å²) in [6, 6.07) is 3.84. The topological polar surface area (TPSA) is 109 Å². The second-order valence-electron chi connectivity index (χ2n) is 3.60. The van der Waals surface area contributed by atoms with Gasteiger partial charge in [0.1, 0.15) is 5.82 Å². The molecular weight excluding hydrogens is 273 g/mol. The number of aromatic nitrogens is 3. The molecule has 0 amide bonds. The quantitative estimate of drug-likeness (QED) is 0.329. The lowest BCUT2D eigenvalue weighted by Crippen LogP contribution is -2.15. The number of nitrogens with zero attached hydrogens (tertiary/aromatic N) is 3. The van der Waals surface area contributed by atoms with Crippen LogP contribution in [0.5, 0.6) is 0 Å². The van der Waals surface area contributed by atoms with Gasteiger partial charge in [-0.15, -0.1) is 5.10 Å². The van der Waals surface area contributed by atoms with Crippen molar-refractivity contribution in [3.63, 3.8) is 0 Å². The van der Waals surface area contributed by atoms with Crippen molar-refractivity contribution in [1.29, 1.82) is 0 Å². The van der Waals surface area contributed by atoms with Crippen molar-refractivity contribution in [3.05, 3.63) is 40.1 Å². The number of hydrogen-bond donors (Lipinski definition) is 3. The van der Waals surface area contributed by atoms with Gasteiger partial charge in [0.2, 0.25) is 0 Å². The molecular formula is C10H10FN5O2S. The maximum atomic E-state index is 13.2. The Kier molecular flexibility index (Phi) is 3.56. The van der Waals surface area contributed by atoms with E-state index in [4.69, 9.17) is 10.9 Å². The van der Waals surface area contributed by atoms with E-state index in [0.29, 0.717) is 10.1 Å². The van der Waals surface area contributed by atoms with Crippen LogP contribution in [0.25, 0.3) is 0 Å². The number of oxime groups is 1. The standard InChI is InChI=1S/C10H10FN5O2S/c1-16-9(17)13-14-10(16)19-7-3-2-5(11)4-6(7)8(12)15-18/h2-4,18H,1H3,(H2,12,15)(H,13,17). The Morgan fingerprint density at radius 3 is 2.95 bits per heavy atom. The monoisotopic (exact) mass is 283 g/mol. The molecule has 1 aromatic heterocycles. The smallest absolute Gasteiger partial charge is 0.343 e. The summed E-state index contributed by atoms with van der Waals surface area (Å²) in [5.74, 6) is -0.732. The minimum atomic E-state index is -0.512. The van der Waals surface area contributed by atoms with E-state index in [2.05, 4.69) is 15.4 Å². The van der Waals surface area contributed by atoms with Gasteiger partial charge in [0.25, 0.3) is 0 Å². The molecule has 19 heavy (non-hydrogen) atoms. The summed E-state index contributed by atoms with van der Waals surface area (Å²) in [6.45, 7) is 0. The molecule has 0 aliphatic carbocycles. The second kappa shape index (κ2) is 5.14. The largest absolute Gasteiger partial charge is 0.409 e. The molecule has 0 saturated heterocycles. The molecule has 0 saturated carbocycles. The van der Waals surface area contributed by atoms with Crippen molar-refractivity contribution in [2.75, 3.05) is 0 Å². The Hall–Kier alpha value is -2.29. The summed E-state index contributed by atoms with van der Waals surface area (Å²) >= 11 is 1.10. The fourth-order valence-corrected chi connectivity index (χ4v) is 2.28. The number of amidine groups is 1. The Labute approximate surface area is 110 Å². The highest BCUT2D eigenvalue weighted by molar-refractivity contribution is 7.99. The first-order valence-corrected chi connectivity index (χ1v) is 5.91. The Morgan fingerprint density at radius 2 is 2.37 bits per heavy atom. The average Bonchev–Trinajstić information content (AvgIpc) is 2.71. The molecule has 0 fully saturated rings. The second-order valence-corrected chi connectivity index (χ2v) is 4.61. The Morgan fingerprint density at radius 1 is 1.63 bits per heavy atom. The minimum Gasteiger partial charge on any atom is -0.409 e. The Balaban J connectivity index is 2.45. The molecule has 0 aliphatic rings. The van der Waals surface area contributed by atoms with Crippen LogP contribution in [0, 0.1) is 5.82 Å². The summed E-state index contributed by atoms with van der Waals surface area (Å²) in [6.07, 6.45) is 0. The van der Waals surface area contributed by atoms with E-state index in [1.54, 1.807) is 7.05 Å². The van der Waals surface area contributed by atoms with Gasteiger partial charge in [-0.3, -0.25) is 4.57 Å². The predicted octanol–water partition coefficient (Wildman–Crippen LogP) is 0.493. The van der Waals surface area contributed by atoms with Crippen molar-refractivity contribution < 1.29 is 9.60 Å². The van der Waals surface area contributed by atoms with Crippen molar-refractivity contribution in [1.82, 2.24) is 14.8 Å². The van der Waals surface area contributed by atoms with Crippen LogP contribution in [0.4, 0.5) is 4.39 Å². The summed E-state index contributed by atoms with van der Waals surface area (Å²) < 4.78 is 14.5. The molecule has 1 heterocycles. The van der Waals surface area contributed by atoms with E-state index in [0.717, 1.165) is 17.8 Å². The van der Waals surface area contributed by atoms with Gasteiger partial charge >= 0.3 is 5.69 Å². The lowest BCUT2D eigenvalue weighted by atomic mass is 10.2. The lowest BCUT2D eigenvalue weighted by Gasteiger charge is -2.07. The number of benzene rings is 1. The summed E-state index contributed by atoms with van der Waals surface area (Å²) in [7, 11) is 1.54. The average molecular weight is 283 g/mol. The van der Waals surface area contributed by atoms with E-state index in [-0.39, 0.29) is 17.1 Å². The minimum absolute atomic E-state index is 0.220. The molecule has 100 valence electrons. The fraction of sp³-hybridized carbons (Fsp3) is 0.100. The normalized spacial score (nSPS) is 11.8. The van der Waals surface area contributed by atoms with Crippen LogP contribution < -0.4 is 11.4 Å². The number of halogens is 1. The SMILES string of the molecule is Cn1c(Sc2ccc(F)cc2/C(N)=N/O)n[nH]c1=O. The van der Waals surface area contributed by atoms with Gasteiger partial charge in [0.15, 0.2) is 11.0 Å². The first-order valence-electron chi connectivity index (χ1n) is 5.09. The van der Waals surface area contributed by atoms with Gasteiger partial charge in [-0.05, 0) is 30.0 Å². The van der Waals surface area contributed by atoms with Crippen LogP contribution in [0.3, 0.4) is 0 Å². The van der Waals surface area contributed by atoms with E-state index >= 15 is 0 Å². The molecule has 1 aromatic carbocycles. The van der Waals surface area contributed by atoms with Gasteiger partial charge in [0.05, 0.1) is 0 Å². The zero-order valence-electron chi connectivity index (χ0n) is 9.79. The molecule has 0 atom stereocenters. The van der Waals surface area contributed by atoms with Crippen LogP contribution in [-0.4, -0.2) is 25.8 Å². The van der Waals surface area contributed by atoms with Gasteiger partial charge in [-0.2, -0.15) is 0 Å². The van der Waals surface area contributed by atoms with Crippen molar-refractivity contribution in [3.8, 4) is 0 Å². The molecule has 0 bridgehead atoms. The summed E-state index contributed by atoms with van der Waals surface area (Å²) in [5.41, 5.74) is 5.34. The van der Waals surface area contributed by atoms with Crippen LogP contribution >= 0.6 is 11.8 Å². The zero-order chi connectivity index (χ0) is 14.0. The van der Waals surface area contributed by atoms with E-state index in [1.165, 1.54) is 16.7 Å². The van der Waals surface area contributed by atoms with Gasteiger partial charge in [0, 0.05) is 17.5 Å². The third kappa shape index (κ3) is 2.60. The number of nitrogens with one attached hydrogen (secondary N) is 1. The van der Waals surface area contributed by atoms with Crippen molar-refractivity contribution >= 4 is 17.6 Å². The number of hydrogen-bond acceptors (Lipinski definition) is 5. The maximum Gasteiger partial charge on any atom is 0.343 e. The van der Waals surface area contributed by atoms with Gasteiger partial charge in [-0.1, -0.05) is 5.16 Å². The van der Waals surface area contributed by atoms with Crippen molar-refractivity contribution in [2.45, 2.75) is 10.1 Å². The summed E-state index contributed by atoms with van der Waals surface area (Å²) in [5, 5.41) is 18.0. The molecule has 0 spiro atoms. The van der Waals surface area contributed by atoms with Gasteiger partial charge in [-0.25, -0.2) is 14.3 Å². The van der Waals surface area contributed by atoms with Crippen LogP contribution in [-0.2, 0) is 7.05 Å². The Bertz CT molecular complexity index is 693. The van der Waals surface area contributed by atoms with Gasteiger partial charge < -0.3 is 10.9 Å². The predicted molar refractivity (Wildman–Crippen MR) is 66.9 cm³/mol. The highest BCUT2D eigenvalue weighted by atomic mass is 32.2. The molecule has 4 N–H and O–H groups in total. The van der Waals surface area contributed by atoms with E-state index in [9.17, 15) is 9.18 Å². The van der Waals surface area contributed by atoms with Crippen LogP contribution in [0.1, 0.15) is 5.56 Å². The maximum absolute atomic E-state index is 13.2. The van der Waals surface area contributed by atoms with E-state index < -0.39 is 5.82 Å². The molecule has 2 rings (SSSR count). The highest BCUT2D eigenvalue weighted by Crippen LogP contribution is 2.28. The lowest BCUT2D eigenvalue weighted by molar-refractivity contribution is 0.318. The zero-order valence-corrected chi connectivity index (χ0v) is 10.6. The molecule has 0 aliphatic heterocycles. The molecule has 9 heteroatoms. The molecule has 0 unspecified atom stereocenters. The first-order chi connectivity index (χ1) is 9.02. The van der Waals surface area contributed by atoms with Crippen molar-refractivity contribution in [2.24, 2.45) is 17.9 Å². The number of aromatic amines is 1. The fourth-order valence-electron chi connectivity index (χ4n) is 1.37.